The summed E-state index contributed by atoms with van der Waals surface area (Å²) < 4.78 is 7.78. The fourth-order valence-corrected chi connectivity index (χ4v) is 3.75. The number of amides is 2. The molecule has 2 amide bonds. The first kappa shape index (κ1) is 26.1. The number of terminal acetylenes is 1. The average molecular weight is 487 g/mol. The highest BCUT2D eigenvalue weighted by Crippen LogP contribution is 2.38. The summed E-state index contributed by atoms with van der Waals surface area (Å²) in [6.07, 6.45) is 6.89. The zero-order valence-corrected chi connectivity index (χ0v) is 21.1. The highest BCUT2D eigenvalue weighted by Gasteiger charge is 2.18. The van der Waals surface area contributed by atoms with Gasteiger partial charge in [-0.3, -0.25) is 14.4 Å². The lowest BCUT2D eigenvalue weighted by molar-refractivity contribution is -0.121. The van der Waals surface area contributed by atoms with Crippen LogP contribution in [0.15, 0.2) is 53.5 Å². The summed E-state index contributed by atoms with van der Waals surface area (Å²) in [6.45, 7) is 7.91. The molecule has 1 atom stereocenters. The molecule has 3 rings (SSSR count). The molecule has 8 heteroatoms. The van der Waals surface area contributed by atoms with Gasteiger partial charge in [-0.2, -0.15) is 0 Å². The van der Waals surface area contributed by atoms with Crippen molar-refractivity contribution < 1.29 is 14.3 Å². The molecule has 0 spiro atoms. The van der Waals surface area contributed by atoms with Gasteiger partial charge < -0.3 is 25.3 Å². The van der Waals surface area contributed by atoms with Crippen molar-refractivity contribution in [2.24, 2.45) is 7.05 Å². The molecule has 1 heterocycles. The van der Waals surface area contributed by atoms with Crippen LogP contribution in [-0.2, 0) is 16.6 Å². The number of aryl methyl sites for hydroxylation is 3. The molecule has 0 saturated carbocycles. The molecule has 2 aromatic carbocycles. The molecule has 3 N–H and O–H groups in total. The molecule has 0 aliphatic heterocycles. The van der Waals surface area contributed by atoms with Gasteiger partial charge in [-0.05, 0) is 69.0 Å². The zero-order chi connectivity index (χ0) is 26.4. The number of likely N-dealkylation sites (N-methyl/N-ethyl adjacent to an activating group) is 1. The zero-order valence-electron chi connectivity index (χ0n) is 21.1. The van der Waals surface area contributed by atoms with Crippen molar-refractivity contribution in [3.8, 4) is 35.0 Å². The molecular weight excluding hydrogens is 456 g/mol. The molecule has 0 aliphatic rings. The Morgan fingerprint density at radius 3 is 2.47 bits per heavy atom. The Bertz CT molecular complexity index is 1380. The van der Waals surface area contributed by atoms with E-state index in [4.69, 9.17) is 11.2 Å². The topological polar surface area (TPSA) is 101 Å². The fraction of sp³-hybridized carbons (Fsp3) is 0.250. The number of ether oxygens (including phenoxy) is 1. The number of nitrogens with one attached hydrogen (secondary N) is 3. The van der Waals surface area contributed by atoms with Crippen LogP contribution in [0.4, 0.5) is 11.4 Å². The smallest absolute Gasteiger partial charge is 0.300 e. The number of anilines is 2. The maximum absolute atomic E-state index is 12.8. The van der Waals surface area contributed by atoms with Crippen LogP contribution in [0.25, 0.3) is 11.1 Å². The fourth-order valence-electron chi connectivity index (χ4n) is 3.75. The standard InChI is InChI=1S/C28H30N4O4/c1-7-25(33)31-21-12-13-24(36-26-17(3)10-9-11-18(26)4)22(15-21)20-14-23(28(35)32(6)16-20)30-19(5)27(34)29-8-2/h1,9-16,19,30H,8H2,2-6H3,(H,29,34)(H,31,33)/t19-/m0/s1. The van der Waals surface area contributed by atoms with E-state index in [-0.39, 0.29) is 17.2 Å². The van der Waals surface area contributed by atoms with Gasteiger partial charge in [-0.15, -0.1) is 6.42 Å². The number of hydrogen-bond acceptors (Lipinski definition) is 5. The van der Waals surface area contributed by atoms with Crippen molar-refractivity contribution in [3.05, 3.63) is 70.1 Å². The summed E-state index contributed by atoms with van der Waals surface area (Å²) in [5.74, 6) is 2.47. The van der Waals surface area contributed by atoms with Crippen LogP contribution < -0.4 is 26.2 Å². The van der Waals surface area contributed by atoms with E-state index < -0.39 is 11.9 Å². The van der Waals surface area contributed by atoms with Crippen LogP contribution >= 0.6 is 0 Å². The molecule has 0 fully saturated rings. The van der Waals surface area contributed by atoms with Crippen molar-refractivity contribution in [2.75, 3.05) is 17.2 Å². The number of carbonyl (C=O) groups excluding carboxylic acids is 2. The lowest BCUT2D eigenvalue weighted by Crippen LogP contribution is -2.39. The van der Waals surface area contributed by atoms with Crippen molar-refractivity contribution >= 4 is 23.2 Å². The number of nitrogens with zero attached hydrogens (tertiary/aromatic N) is 1. The third kappa shape index (κ3) is 5.94. The molecule has 0 aliphatic carbocycles. The first-order valence-corrected chi connectivity index (χ1v) is 11.6. The average Bonchev–Trinajstić information content (AvgIpc) is 2.84. The first-order valence-electron chi connectivity index (χ1n) is 11.6. The predicted molar refractivity (Wildman–Crippen MR) is 142 cm³/mol. The first-order chi connectivity index (χ1) is 17.1. The number of benzene rings is 2. The predicted octanol–water partition coefficient (Wildman–Crippen LogP) is 3.97. The van der Waals surface area contributed by atoms with Crippen molar-refractivity contribution in [1.29, 1.82) is 0 Å². The van der Waals surface area contributed by atoms with Gasteiger partial charge in [0.1, 0.15) is 23.2 Å². The molecule has 3 aromatic rings. The van der Waals surface area contributed by atoms with E-state index in [1.165, 1.54) is 4.57 Å². The number of carbonyl (C=O) groups is 2. The van der Waals surface area contributed by atoms with Crippen molar-refractivity contribution in [3.63, 3.8) is 0 Å². The van der Waals surface area contributed by atoms with Crippen molar-refractivity contribution in [1.82, 2.24) is 9.88 Å². The van der Waals surface area contributed by atoms with Crippen LogP contribution in [-0.4, -0.2) is 29.0 Å². The maximum atomic E-state index is 12.8. The number of rotatable bonds is 8. The molecule has 36 heavy (non-hydrogen) atoms. The quantitative estimate of drug-likeness (QED) is 0.418. The Balaban J connectivity index is 2.13. The lowest BCUT2D eigenvalue weighted by Gasteiger charge is -2.19. The summed E-state index contributed by atoms with van der Waals surface area (Å²) in [6, 6.07) is 12.1. The van der Waals surface area contributed by atoms with Gasteiger partial charge in [-0.1, -0.05) is 18.2 Å². The Hall–Kier alpha value is -4.51. The minimum absolute atomic E-state index is 0.219. The number of pyridine rings is 1. The van der Waals surface area contributed by atoms with Crippen LogP contribution in [0.2, 0.25) is 0 Å². The van der Waals surface area contributed by atoms with Crippen LogP contribution in [0.3, 0.4) is 0 Å². The van der Waals surface area contributed by atoms with Gasteiger partial charge in [0.25, 0.3) is 11.5 Å². The van der Waals surface area contributed by atoms with Gasteiger partial charge >= 0.3 is 0 Å². The largest absolute Gasteiger partial charge is 0.456 e. The second-order valence-corrected chi connectivity index (χ2v) is 8.45. The second-order valence-electron chi connectivity index (χ2n) is 8.45. The normalized spacial score (nSPS) is 11.2. The van der Waals surface area contributed by atoms with Crippen LogP contribution in [0, 0.1) is 26.2 Å². The number of para-hydroxylation sites is 1. The molecule has 0 radical (unpaired) electrons. The number of hydrogen-bond donors (Lipinski definition) is 3. The Labute approximate surface area is 210 Å². The molecule has 0 bridgehead atoms. The third-order valence-electron chi connectivity index (χ3n) is 5.60. The summed E-state index contributed by atoms with van der Waals surface area (Å²) in [4.78, 5) is 36.9. The van der Waals surface area contributed by atoms with E-state index in [2.05, 4.69) is 16.0 Å². The number of aromatic nitrogens is 1. The van der Waals surface area contributed by atoms with Gasteiger partial charge in [0.05, 0.1) is 0 Å². The third-order valence-corrected chi connectivity index (χ3v) is 5.60. The van der Waals surface area contributed by atoms with E-state index in [1.807, 2.05) is 44.9 Å². The monoisotopic (exact) mass is 486 g/mol. The van der Waals surface area contributed by atoms with E-state index in [0.717, 1.165) is 11.1 Å². The summed E-state index contributed by atoms with van der Waals surface area (Å²) in [5.41, 5.74) is 3.63. The van der Waals surface area contributed by atoms with Gasteiger partial charge in [0.15, 0.2) is 0 Å². The van der Waals surface area contributed by atoms with Crippen LogP contribution in [0.1, 0.15) is 25.0 Å². The Kier molecular flexibility index (Phi) is 8.18. The SMILES string of the molecule is C#CC(=O)Nc1ccc(Oc2c(C)cccc2C)c(-c2cc(N[C@@H](C)C(=O)NCC)c(=O)n(C)c2)c1. The Morgan fingerprint density at radius 2 is 1.83 bits per heavy atom. The summed E-state index contributed by atoms with van der Waals surface area (Å²) in [7, 11) is 1.63. The lowest BCUT2D eigenvalue weighted by atomic mass is 10.0. The highest BCUT2D eigenvalue weighted by atomic mass is 16.5. The Morgan fingerprint density at radius 1 is 1.14 bits per heavy atom. The molecule has 1 aromatic heterocycles. The van der Waals surface area contributed by atoms with Gasteiger partial charge in [0, 0.05) is 36.6 Å². The van der Waals surface area contributed by atoms with E-state index >= 15 is 0 Å². The minimum Gasteiger partial charge on any atom is -0.456 e. The molecule has 0 saturated heterocycles. The van der Waals surface area contributed by atoms with Crippen molar-refractivity contribution in [2.45, 2.75) is 33.7 Å². The van der Waals surface area contributed by atoms with E-state index in [0.29, 0.717) is 34.9 Å². The van der Waals surface area contributed by atoms with E-state index in [1.54, 1.807) is 44.4 Å². The van der Waals surface area contributed by atoms with E-state index in [9.17, 15) is 14.4 Å². The summed E-state index contributed by atoms with van der Waals surface area (Å²) >= 11 is 0. The van der Waals surface area contributed by atoms with Gasteiger partial charge in [-0.25, -0.2) is 0 Å². The highest BCUT2D eigenvalue weighted by molar-refractivity contribution is 6.04. The second kappa shape index (κ2) is 11.3. The van der Waals surface area contributed by atoms with Crippen LogP contribution in [0.5, 0.6) is 11.5 Å². The molecule has 186 valence electrons. The maximum Gasteiger partial charge on any atom is 0.300 e. The summed E-state index contributed by atoms with van der Waals surface area (Å²) in [5, 5.41) is 8.39. The molecule has 0 unspecified atom stereocenters. The minimum atomic E-state index is -0.625. The molecule has 8 nitrogen and oxygen atoms in total. The molecular formula is C28H30N4O4. The van der Waals surface area contributed by atoms with Gasteiger partial charge in [0.2, 0.25) is 5.91 Å².